The SMILES string of the molecule is CC(=O)N1C=Cc2ccccc2C1CC(=O)N(C)CCCC(=O)O. The minimum atomic E-state index is -0.870. The molecule has 1 aromatic carbocycles. The third kappa shape index (κ3) is 4.22. The van der Waals surface area contributed by atoms with Crippen molar-refractivity contribution in [1.29, 1.82) is 0 Å². The predicted molar refractivity (Wildman–Crippen MR) is 89.9 cm³/mol. The molecule has 24 heavy (non-hydrogen) atoms. The summed E-state index contributed by atoms with van der Waals surface area (Å²) in [5.74, 6) is -1.10. The molecule has 1 aromatic rings. The van der Waals surface area contributed by atoms with Gasteiger partial charge in [-0.05, 0) is 23.6 Å². The number of benzene rings is 1. The van der Waals surface area contributed by atoms with Crippen molar-refractivity contribution in [2.45, 2.75) is 32.2 Å². The van der Waals surface area contributed by atoms with E-state index in [1.807, 2.05) is 30.3 Å². The summed E-state index contributed by atoms with van der Waals surface area (Å²) in [5.41, 5.74) is 1.95. The first-order chi connectivity index (χ1) is 11.4. The van der Waals surface area contributed by atoms with Gasteiger partial charge in [-0.3, -0.25) is 14.4 Å². The predicted octanol–water partition coefficient (Wildman–Crippen LogP) is 2.27. The number of hydrogen-bond acceptors (Lipinski definition) is 3. The van der Waals surface area contributed by atoms with Gasteiger partial charge in [0, 0.05) is 33.1 Å². The van der Waals surface area contributed by atoms with Gasteiger partial charge in [-0.15, -0.1) is 0 Å². The molecule has 0 radical (unpaired) electrons. The number of aliphatic carboxylic acids is 1. The van der Waals surface area contributed by atoms with E-state index in [9.17, 15) is 14.4 Å². The van der Waals surface area contributed by atoms with Crippen LogP contribution in [0.15, 0.2) is 30.5 Å². The monoisotopic (exact) mass is 330 g/mol. The highest BCUT2D eigenvalue weighted by atomic mass is 16.4. The van der Waals surface area contributed by atoms with E-state index in [1.165, 1.54) is 11.8 Å². The quantitative estimate of drug-likeness (QED) is 0.868. The standard InChI is InChI=1S/C18H22N2O4/c1-13(21)20-11-9-14-6-3-4-7-15(14)16(20)12-17(22)19(2)10-5-8-18(23)24/h3-4,6-7,9,11,16H,5,8,10,12H2,1-2H3,(H,23,24). The molecule has 0 bridgehead atoms. The van der Waals surface area contributed by atoms with E-state index in [-0.39, 0.29) is 30.7 Å². The van der Waals surface area contributed by atoms with Crippen LogP contribution in [0, 0.1) is 0 Å². The maximum absolute atomic E-state index is 12.5. The van der Waals surface area contributed by atoms with Crippen LogP contribution in [-0.2, 0) is 14.4 Å². The summed E-state index contributed by atoms with van der Waals surface area (Å²) in [6, 6.07) is 7.36. The number of carbonyl (C=O) groups excluding carboxylic acids is 2. The molecule has 0 saturated heterocycles. The van der Waals surface area contributed by atoms with Crippen LogP contribution < -0.4 is 0 Å². The van der Waals surface area contributed by atoms with Crippen molar-refractivity contribution < 1.29 is 19.5 Å². The van der Waals surface area contributed by atoms with E-state index in [1.54, 1.807) is 18.1 Å². The van der Waals surface area contributed by atoms with Crippen LogP contribution in [0.2, 0.25) is 0 Å². The van der Waals surface area contributed by atoms with Crippen molar-refractivity contribution in [2.24, 2.45) is 0 Å². The largest absolute Gasteiger partial charge is 0.481 e. The molecule has 128 valence electrons. The van der Waals surface area contributed by atoms with E-state index in [2.05, 4.69) is 0 Å². The molecule has 1 aliphatic heterocycles. The fraction of sp³-hybridized carbons (Fsp3) is 0.389. The van der Waals surface area contributed by atoms with E-state index in [4.69, 9.17) is 5.11 Å². The van der Waals surface area contributed by atoms with Gasteiger partial charge in [0.1, 0.15) is 0 Å². The molecular weight excluding hydrogens is 308 g/mol. The average molecular weight is 330 g/mol. The Morgan fingerprint density at radius 3 is 2.62 bits per heavy atom. The van der Waals surface area contributed by atoms with Gasteiger partial charge in [0.25, 0.3) is 0 Å². The van der Waals surface area contributed by atoms with E-state index >= 15 is 0 Å². The summed E-state index contributed by atoms with van der Waals surface area (Å²) in [6.07, 6.45) is 4.20. The number of carboxylic acid groups (broad SMARTS) is 1. The maximum Gasteiger partial charge on any atom is 0.303 e. The summed E-state index contributed by atoms with van der Waals surface area (Å²) in [5, 5.41) is 8.68. The Labute approximate surface area is 141 Å². The normalized spacial score (nSPS) is 15.8. The molecule has 1 heterocycles. The summed E-state index contributed by atoms with van der Waals surface area (Å²) >= 11 is 0. The Kier molecular flexibility index (Phi) is 5.73. The zero-order chi connectivity index (χ0) is 17.7. The van der Waals surface area contributed by atoms with Crippen LogP contribution in [0.5, 0.6) is 0 Å². The molecule has 2 rings (SSSR count). The Morgan fingerprint density at radius 2 is 1.96 bits per heavy atom. The van der Waals surface area contributed by atoms with E-state index < -0.39 is 5.97 Å². The number of nitrogens with zero attached hydrogens (tertiary/aromatic N) is 2. The van der Waals surface area contributed by atoms with Crippen LogP contribution in [0.3, 0.4) is 0 Å². The summed E-state index contributed by atoms with van der Waals surface area (Å²) in [4.78, 5) is 38.1. The lowest BCUT2D eigenvalue weighted by Gasteiger charge is -2.33. The molecule has 1 atom stereocenters. The van der Waals surface area contributed by atoms with Crippen molar-refractivity contribution in [3.63, 3.8) is 0 Å². The summed E-state index contributed by atoms with van der Waals surface area (Å²) in [6.45, 7) is 1.86. The van der Waals surface area contributed by atoms with Crippen molar-refractivity contribution >= 4 is 23.9 Å². The molecule has 0 spiro atoms. The average Bonchev–Trinajstić information content (AvgIpc) is 2.54. The highest BCUT2D eigenvalue weighted by molar-refractivity contribution is 5.81. The lowest BCUT2D eigenvalue weighted by Crippen LogP contribution is -2.36. The van der Waals surface area contributed by atoms with Crippen molar-refractivity contribution in [1.82, 2.24) is 9.80 Å². The van der Waals surface area contributed by atoms with Gasteiger partial charge < -0.3 is 14.9 Å². The first-order valence-electron chi connectivity index (χ1n) is 7.92. The number of rotatable bonds is 6. The second kappa shape index (κ2) is 7.77. The Hall–Kier alpha value is -2.63. The summed E-state index contributed by atoms with van der Waals surface area (Å²) in [7, 11) is 1.66. The molecular formula is C18H22N2O4. The van der Waals surface area contributed by atoms with E-state index in [0.717, 1.165) is 11.1 Å². The van der Waals surface area contributed by atoms with E-state index in [0.29, 0.717) is 13.0 Å². The van der Waals surface area contributed by atoms with Gasteiger partial charge in [0.05, 0.1) is 12.5 Å². The Bertz CT molecular complexity index is 669. The van der Waals surface area contributed by atoms with Crippen molar-refractivity contribution in [3.8, 4) is 0 Å². The number of fused-ring (bicyclic) bond motifs is 1. The van der Waals surface area contributed by atoms with Crippen molar-refractivity contribution in [2.75, 3.05) is 13.6 Å². The highest BCUT2D eigenvalue weighted by Crippen LogP contribution is 2.33. The lowest BCUT2D eigenvalue weighted by atomic mass is 9.93. The second-order valence-corrected chi connectivity index (χ2v) is 5.90. The topological polar surface area (TPSA) is 77.9 Å². The molecule has 1 unspecified atom stereocenters. The Balaban J connectivity index is 2.10. The molecule has 2 amide bonds. The first kappa shape index (κ1) is 17.7. The molecule has 1 N–H and O–H groups in total. The fourth-order valence-electron chi connectivity index (χ4n) is 2.83. The number of carboxylic acids is 1. The smallest absolute Gasteiger partial charge is 0.303 e. The first-order valence-corrected chi connectivity index (χ1v) is 7.92. The van der Waals surface area contributed by atoms with Gasteiger partial charge in [0.2, 0.25) is 11.8 Å². The van der Waals surface area contributed by atoms with Crippen LogP contribution in [0.25, 0.3) is 6.08 Å². The minimum Gasteiger partial charge on any atom is -0.481 e. The van der Waals surface area contributed by atoms with Crippen LogP contribution >= 0.6 is 0 Å². The van der Waals surface area contributed by atoms with Crippen LogP contribution in [0.4, 0.5) is 0 Å². The molecule has 0 aromatic heterocycles. The number of amides is 2. The van der Waals surface area contributed by atoms with Crippen molar-refractivity contribution in [3.05, 3.63) is 41.6 Å². The van der Waals surface area contributed by atoms with Gasteiger partial charge in [0.15, 0.2) is 0 Å². The summed E-state index contributed by atoms with van der Waals surface area (Å²) < 4.78 is 0. The van der Waals surface area contributed by atoms with Gasteiger partial charge in [-0.1, -0.05) is 24.3 Å². The zero-order valence-corrected chi connectivity index (χ0v) is 13.9. The Morgan fingerprint density at radius 1 is 1.25 bits per heavy atom. The zero-order valence-electron chi connectivity index (χ0n) is 13.9. The lowest BCUT2D eigenvalue weighted by molar-refractivity contribution is -0.138. The molecule has 6 heteroatoms. The van der Waals surface area contributed by atoms with Crippen LogP contribution in [-0.4, -0.2) is 46.3 Å². The molecule has 1 aliphatic rings. The molecule has 0 aliphatic carbocycles. The molecule has 0 fully saturated rings. The highest BCUT2D eigenvalue weighted by Gasteiger charge is 2.29. The van der Waals surface area contributed by atoms with Gasteiger partial charge in [-0.25, -0.2) is 0 Å². The third-order valence-corrected chi connectivity index (χ3v) is 4.15. The maximum atomic E-state index is 12.5. The molecule has 6 nitrogen and oxygen atoms in total. The van der Waals surface area contributed by atoms with Gasteiger partial charge in [-0.2, -0.15) is 0 Å². The minimum absolute atomic E-state index is 0.0339. The second-order valence-electron chi connectivity index (χ2n) is 5.90. The number of hydrogen-bond donors (Lipinski definition) is 1. The fourth-order valence-corrected chi connectivity index (χ4v) is 2.83. The van der Waals surface area contributed by atoms with Crippen LogP contribution in [0.1, 0.15) is 43.4 Å². The number of carbonyl (C=O) groups is 3. The molecule has 0 saturated carbocycles. The van der Waals surface area contributed by atoms with Gasteiger partial charge >= 0.3 is 5.97 Å². The third-order valence-electron chi connectivity index (χ3n) is 4.15.